The van der Waals surface area contributed by atoms with Crippen LogP contribution in [0.25, 0.3) is 0 Å². The molecule has 0 atom stereocenters. The van der Waals surface area contributed by atoms with Crippen LogP contribution < -0.4 is 5.32 Å². The minimum Gasteiger partial charge on any atom is -0.462 e. The van der Waals surface area contributed by atoms with Crippen LogP contribution in [0.5, 0.6) is 0 Å². The van der Waals surface area contributed by atoms with Crippen molar-refractivity contribution >= 4 is 35.2 Å². The van der Waals surface area contributed by atoms with E-state index in [1.165, 1.54) is 25.2 Å². The Labute approximate surface area is 156 Å². The average molecular weight is 375 g/mol. The van der Waals surface area contributed by atoms with Gasteiger partial charge >= 0.3 is 11.9 Å². The Morgan fingerprint density at radius 1 is 1.04 bits per heavy atom. The number of nitrogens with one attached hydrogen (secondary N) is 1. The summed E-state index contributed by atoms with van der Waals surface area (Å²) >= 11 is 0. The number of nitrogens with zero attached hydrogens (tertiary/aromatic N) is 2. The average Bonchev–Trinajstić information content (AvgIpc) is 2.64. The summed E-state index contributed by atoms with van der Waals surface area (Å²) in [6.45, 7) is 3.66. The molecule has 9 heteroatoms. The first-order valence-electron chi connectivity index (χ1n) is 8.50. The van der Waals surface area contributed by atoms with Gasteiger partial charge < -0.3 is 14.8 Å². The summed E-state index contributed by atoms with van der Waals surface area (Å²) in [7, 11) is 1.47. The Morgan fingerprint density at radius 2 is 1.59 bits per heavy atom. The van der Waals surface area contributed by atoms with E-state index in [-0.39, 0.29) is 54.5 Å². The van der Waals surface area contributed by atoms with Crippen molar-refractivity contribution in [1.82, 2.24) is 5.01 Å². The highest BCUT2D eigenvalue weighted by Crippen LogP contribution is 2.18. The second-order valence-electron chi connectivity index (χ2n) is 5.66. The molecule has 0 aliphatic carbocycles. The van der Waals surface area contributed by atoms with E-state index in [0.717, 1.165) is 5.01 Å². The molecule has 27 heavy (non-hydrogen) atoms. The molecule has 1 aromatic rings. The lowest BCUT2D eigenvalue weighted by molar-refractivity contribution is -0.130. The van der Waals surface area contributed by atoms with Crippen molar-refractivity contribution in [1.29, 1.82) is 0 Å². The number of ether oxygens (including phenoxy) is 2. The SMILES string of the molecule is CCOC(=O)c1cc(NC(=O)C2=NN(C)C(=O)CC2)cc(C(=O)OCC)c1. The fraction of sp³-hybridized carbons (Fsp3) is 0.389. The Morgan fingerprint density at radius 3 is 2.07 bits per heavy atom. The van der Waals surface area contributed by atoms with Crippen molar-refractivity contribution in [2.45, 2.75) is 26.7 Å². The van der Waals surface area contributed by atoms with Gasteiger partial charge in [-0.2, -0.15) is 5.10 Å². The van der Waals surface area contributed by atoms with Crippen molar-refractivity contribution < 1.29 is 28.7 Å². The topological polar surface area (TPSA) is 114 Å². The van der Waals surface area contributed by atoms with Gasteiger partial charge in [0, 0.05) is 25.6 Å². The molecule has 144 valence electrons. The van der Waals surface area contributed by atoms with Crippen LogP contribution in [0.2, 0.25) is 0 Å². The highest BCUT2D eigenvalue weighted by atomic mass is 16.5. The quantitative estimate of drug-likeness (QED) is 0.755. The lowest BCUT2D eigenvalue weighted by Crippen LogP contribution is -2.34. The number of carbonyl (C=O) groups excluding carboxylic acids is 4. The molecule has 0 fully saturated rings. The fourth-order valence-electron chi connectivity index (χ4n) is 2.40. The lowest BCUT2D eigenvalue weighted by atomic mass is 10.1. The van der Waals surface area contributed by atoms with Crippen LogP contribution in [0.15, 0.2) is 23.3 Å². The van der Waals surface area contributed by atoms with E-state index in [1.807, 2.05) is 0 Å². The number of hydrogen-bond donors (Lipinski definition) is 1. The second-order valence-corrected chi connectivity index (χ2v) is 5.66. The first-order valence-corrected chi connectivity index (χ1v) is 8.50. The molecule has 0 unspecified atom stereocenters. The summed E-state index contributed by atoms with van der Waals surface area (Å²) in [6.07, 6.45) is 0.386. The van der Waals surface area contributed by atoms with E-state index in [4.69, 9.17) is 9.47 Å². The molecule has 1 heterocycles. The van der Waals surface area contributed by atoms with Crippen LogP contribution in [-0.2, 0) is 19.1 Å². The molecule has 1 aromatic carbocycles. The van der Waals surface area contributed by atoms with Crippen LogP contribution in [0, 0.1) is 0 Å². The highest BCUT2D eigenvalue weighted by molar-refractivity contribution is 6.43. The maximum absolute atomic E-state index is 12.4. The summed E-state index contributed by atoms with van der Waals surface area (Å²) in [5.41, 5.74) is 0.610. The molecule has 2 rings (SSSR count). The maximum Gasteiger partial charge on any atom is 0.338 e. The van der Waals surface area contributed by atoms with E-state index in [9.17, 15) is 19.2 Å². The van der Waals surface area contributed by atoms with E-state index >= 15 is 0 Å². The zero-order chi connectivity index (χ0) is 20.0. The van der Waals surface area contributed by atoms with Gasteiger partial charge in [0.25, 0.3) is 5.91 Å². The van der Waals surface area contributed by atoms with Crippen molar-refractivity contribution in [3.05, 3.63) is 29.3 Å². The minimum atomic E-state index is -0.625. The molecule has 0 saturated carbocycles. The molecule has 1 N–H and O–H groups in total. The van der Waals surface area contributed by atoms with Gasteiger partial charge in [0.1, 0.15) is 5.71 Å². The zero-order valence-corrected chi connectivity index (χ0v) is 15.4. The Hall–Kier alpha value is -3.23. The highest BCUT2D eigenvalue weighted by Gasteiger charge is 2.23. The largest absolute Gasteiger partial charge is 0.462 e. The number of hydrogen-bond acceptors (Lipinski definition) is 7. The molecule has 0 radical (unpaired) electrons. The van der Waals surface area contributed by atoms with E-state index in [1.54, 1.807) is 13.8 Å². The first-order chi connectivity index (χ1) is 12.8. The second kappa shape index (κ2) is 8.93. The molecular weight excluding hydrogens is 354 g/mol. The third-order valence-electron chi connectivity index (χ3n) is 3.68. The summed E-state index contributed by atoms with van der Waals surface area (Å²) in [5.74, 6) is -1.95. The van der Waals surface area contributed by atoms with Gasteiger partial charge in [-0.25, -0.2) is 14.6 Å². The third-order valence-corrected chi connectivity index (χ3v) is 3.68. The third kappa shape index (κ3) is 5.13. The van der Waals surface area contributed by atoms with Crippen LogP contribution in [-0.4, -0.2) is 54.7 Å². The molecule has 1 aliphatic heterocycles. The Kier molecular flexibility index (Phi) is 6.64. The van der Waals surface area contributed by atoms with Gasteiger partial charge in [-0.1, -0.05) is 0 Å². The van der Waals surface area contributed by atoms with Gasteiger partial charge in [0.15, 0.2) is 0 Å². The van der Waals surface area contributed by atoms with Crippen LogP contribution in [0.3, 0.4) is 0 Å². The smallest absolute Gasteiger partial charge is 0.338 e. The van der Waals surface area contributed by atoms with Crippen LogP contribution >= 0.6 is 0 Å². The molecule has 0 spiro atoms. The minimum absolute atomic E-state index is 0.107. The standard InChI is InChI=1S/C18H21N3O6/c1-4-26-17(24)11-8-12(18(25)27-5-2)10-13(9-11)19-16(23)14-6-7-15(22)21(3)20-14/h8-10H,4-7H2,1-3H3,(H,19,23). The number of rotatable bonds is 6. The summed E-state index contributed by atoms with van der Waals surface area (Å²) in [6, 6.07) is 4.14. The van der Waals surface area contributed by atoms with Crippen molar-refractivity contribution in [3.8, 4) is 0 Å². The molecule has 9 nitrogen and oxygen atoms in total. The van der Waals surface area contributed by atoms with Gasteiger partial charge in [-0.15, -0.1) is 0 Å². The molecule has 2 amide bonds. The van der Waals surface area contributed by atoms with Crippen molar-refractivity contribution in [2.75, 3.05) is 25.6 Å². The van der Waals surface area contributed by atoms with E-state index in [2.05, 4.69) is 10.4 Å². The summed E-state index contributed by atoms with van der Waals surface area (Å²) in [5, 5.41) is 7.65. The van der Waals surface area contributed by atoms with Gasteiger partial charge in [-0.05, 0) is 32.0 Å². The predicted molar refractivity (Wildman–Crippen MR) is 96.4 cm³/mol. The number of esters is 2. The van der Waals surface area contributed by atoms with Gasteiger partial charge in [0.2, 0.25) is 5.91 Å². The molecule has 0 bridgehead atoms. The maximum atomic E-state index is 12.4. The van der Waals surface area contributed by atoms with Crippen LogP contribution in [0.4, 0.5) is 5.69 Å². The number of anilines is 1. The Bertz CT molecular complexity index is 766. The van der Waals surface area contributed by atoms with Gasteiger partial charge in [-0.3, -0.25) is 9.59 Å². The Balaban J connectivity index is 2.30. The first kappa shape index (κ1) is 20.1. The van der Waals surface area contributed by atoms with E-state index < -0.39 is 17.8 Å². The predicted octanol–water partition coefficient (Wildman–Crippen LogP) is 1.59. The molecule has 1 aliphatic rings. The van der Waals surface area contributed by atoms with Crippen molar-refractivity contribution in [3.63, 3.8) is 0 Å². The molecule has 0 saturated heterocycles. The zero-order valence-electron chi connectivity index (χ0n) is 15.4. The normalized spacial score (nSPS) is 13.7. The number of hydrazone groups is 1. The van der Waals surface area contributed by atoms with E-state index in [0.29, 0.717) is 0 Å². The van der Waals surface area contributed by atoms with Crippen LogP contribution in [0.1, 0.15) is 47.4 Å². The summed E-state index contributed by atoms with van der Waals surface area (Å²) in [4.78, 5) is 48.0. The van der Waals surface area contributed by atoms with Crippen molar-refractivity contribution in [2.24, 2.45) is 5.10 Å². The summed E-state index contributed by atoms with van der Waals surface area (Å²) < 4.78 is 9.91. The number of benzene rings is 1. The molecule has 0 aromatic heterocycles. The lowest BCUT2D eigenvalue weighted by Gasteiger charge is -2.19. The monoisotopic (exact) mass is 375 g/mol. The van der Waals surface area contributed by atoms with Gasteiger partial charge in [0.05, 0.1) is 24.3 Å². The number of carbonyl (C=O) groups is 4. The fourth-order valence-corrected chi connectivity index (χ4v) is 2.40. The number of amides is 2. The molecular formula is C18H21N3O6.